The summed E-state index contributed by atoms with van der Waals surface area (Å²) in [6.07, 6.45) is 13.6. The maximum Gasteiger partial charge on any atom is 0.103 e. The van der Waals surface area contributed by atoms with Crippen LogP contribution in [0.25, 0.3) is 16.7 Å². The molecule has 4 aliphatic carbocycles. The molecule has 4 aliphatic heterocycles. The van der Waals surface area contributed by atoms with E-state index in [1.807, 2.05) is 23.5 Å². The molecule has 4 nitrogen and oxygen atoms in total. The zero-order valence-electron chi connectivity index (χ0n) is 41.6. The fourth-order valence-electron chi connectivity index (χ4n) is 14.7. The summed E-state index contributed by atoms with van der Waals surface area (Å²) in [7, 11) is 0. The number of benzene rings is 9. The molecule has 9 aromatic carbocycles. The highest BCUT2D eigenvalue weighted by atomic mass is 32.2. The molecule has 3 atom stereocenters. The first kappa shape index (κ1) is 43.1. The summed E-state index contributed by atoms with van der Waals surface area (Å²) < 4.78 is 0. The highest BCUT2D eigenvalue weighted by Crippen LogP contribution is 2.69. The van der Waals surface area contributed by atoms with Crippen LogP contribution in [-0.4, -0.2) is 0 Å². The van der Waals surface area contributed by atoms with Crippen LogP contribution in [0.5, 0.6) is 0 Å². The van der Waals surface area contributed by atoms with Gasteiger partial charge < -0.3 is 20.4 Å². The van der Waals surface area contributed by atoms with Gasteiger partial charge in [0.25, 0.3) is 0 Å². The SMILES string of the molecule is C1=CC2=C(CC1)SC(c1ccc(N3c4ccccc4C4(C5=C(C=CCC5)c5ccccc54)c4cc5c(cc43)C3(c4ccccc4-c4ccccc43)c3ccccc3N5c3ccc(C4Nc5ccccc5S4)cc3)cc1)N2. The van der Waals surface area contributed by atoms with Crippen molar-refractivity contribution in [2.24, 2.45) is 0 Å². The van der Waals surface area contributed by atoms with Crippen molar-refractivity contribution < 1.29 is 0 Å². The molecule has 0 saturated carbocycles. The molecule has 0 radical (unpaired) electrons. The summed E-state index contributed by atoms with van der Waals surface area (Å²) >= 11 is 3.87. The minimum atomic E-state index is -0.627. The van der Waals surface area contributed by atoms with Crippen molar-refractivity contribution in [1.82, 2.24) is 5.32 Å². The van der Waals surface area contributed by atoms with Crippen molar-refractivity contribution in [1.29, 1.82) is 0 Å². The Hall–Kier alpha value is -8.16. The van der Waals surface area contributed by atoms with Gasteiger partial charge in [-0.15, -0.1) is 0 Å². The number of nitrogens with zero attached hydrogens (tertiary/aromatic N) is 2. The second kappa shape index (κ2) is 16.2. The summed E-state index contributed by atoms with van der Waals surface area (Å²) in [6, 6.07) is 79.3. The lowest BCUT2D eigenvalue weighted by Crippen LogP contribution is -2.40. The molecule has 8 aliphatic rings. The molecule has 0 aromatic heterocycles. The van der Waals surface area contributed by atoms with Crippen molar-refractivity contribution in [3.05, 3.63) is 302 Å². The molecule has 362 valence electrons. The molecule has 0 bridgehead atoms. The maximum absolute atomic E-state index is 3.86. The van der Waals surface area contributed by atoms with Crippen molar-refractivity contribution in [2.75, 3.05) is 15.1 Å². The first-order chi connectivity index (χ1) is 37.7. The second-order valence-corrected chi connectivity index (χ2v) is 23.7. The summed E-state index contributed by atoms with van der Waals surface area (Å²) in [5.74, 6) is 0. The quantitative estimate of drug-likeness (QED) is 0.183. The Morgan fingerprint density at radius 3 is 1.54 bits per heavy atom. The van der Waals surface area contributed by atoms with Crippen LogP contribution < -0.4 is 20.4 Å². The first-order valence-electron chi connectivity index (χ1n) is 26.9. The van der Waals surface area contributed by atoms with Crippen LogP contribution in [0, 0.1) is 0 Å². The van der Waals surface area contributed by atoms with Crippen molar-refractivity contribution in [3.63, 3.8) is 0 Å². The van der Waals surface area contributed by atoms with E-state index in [2.05, 4.69) is 251 Å². The Balaban J connectivity index is 0.952. The van der Waals surface area contributed by atoms with E-state index in [0.29, 0.717) is 0 Å². The average molecular weight is 1010 g/mol. The van der Waals surface area contributed by atoms with E-state index in [1.165, 1.54) is 122 Å². The van der Waals surface area contributed by atoms with Gasteiger partial charge in [-0.3, -0.25) is 0 Å². The molecule has 0 amide bonds. The summed E-state index contributed by atoms with van der Waals surface area (Å²) in [4.78, 5) is 7.99. The highest BCUT2D eigenvalue weighted by Gasteiger charge is 2.57. The summed E-state index contributed by atoms with van der Waals surface area (Å²) in [5.41, 5.74) is 27.0. The molecule has 2 N–H and O–H groups in total. The zero-order valence-corrected chi connectivity index (χ0v) is 43.3. The first-order valence-corrected chi connectivity index (χ1v) is 28.7. The Morgan fingerprint density at radius 1 is 0.408 bits per heavy atom. The number of hydrogen-bond donors (Lipinski definition) is 2. The fraction of sp³-hybridized carbons (Fsp3) is 0.114. The average Bonchev–Trinajstić information content (AvgIpc) is 4.35. The third-order valence-corrected chi connectivity index (χ3v) is 20.3. The molecular weight excluding hydrogens is 961 g/mol. The fourth-order valence-corrected chi connectivity index (χ4v) is 17.1. The molecule has 4 heterocycles. The van der Waals surface area contributed by atoms with Gasteiger partial charge in [0.2, 0.25) is 0 Å². The van der Waals surface area contributed by atoms with Gasteiger partial charge in [-0.05, 0) is 170 Å². The van der Waals surface area contributed by atoms with E-state index in [0.717, 1.165) is 37.1 Å². The second-order valence-electron chi connectivity index (χ2n) is 21.3. The van der Waals surface area contributed by atoms with Gasteiger partial charge in [-0.2, -0.15) is 0 Å². The number of rotatable bonds is 4. The lowest BCUT2D eigenvalue weighted by Gasteiger charge is -2.50. The molecule has 0 saturated heterocycles. The number of fused-ring (bicyclic) bond motifs is 18. The highest BCUT2D eigenvalue weighted by molar-refractivity contribution is 8.03. The summed E-state index contributed by atoms with van der Waals surface area (Å²) in [5, 5.41) is 7.98. The van der Waals surface area contributed by atoms with Gasteiger partial charge in [0.1, 0.15) is 10.7 Å². The number of anilines is 7. The maximum atomic E-state index is 3.86. The molecule has 17 rings (SSSR count). The van der Waals surface area contributed by atoms with Crippen molar-refractivity contribution >= 4 is 68.9 Å². The topological polar surface area (TPSA) is 30.5 Å². The number of para-hydroxylation sites is 3. The van der Waals surface area contributed by atoms with Gasteiger partial charge in [0.05, 0.1) is 33.6 Å². The standard InChI is InChI=1S/C70H50N4S2/c1-5-21-51-47(17-1)48-18-2-6-22-52(48)69(51)55-25-9-13-29-61(55)73(45-37-33-43(34-38-45)67-71-59-27-11-15-31-65(59)75-67)63-42-58-64(41-57(63)69)74(46-39-35-44(36-40-46)68-72-60-28-12-16-32-66(60)76-68)62-30-14-10-26-56(62)70(58)53-23-7-3-19-49(53)50-20-4-8-24-54(50)70/h1-7,9-15,17-23,25-31,33-42,67-68,71-72H,8,16,24,32H2. The molecular formula is C70H50N4S2. The van der Waals surface area contributed by atoms with Crippen molar-refractivity contribution in [2.45, 2.75) is 52.2 Å². The van der Waals surface area contributed by atoms with Crippen LogP contribution >= 0.6 is 23.5 Å². The molecule has 2 spiro atoms. The molecule has 6 heteroatoms. The lowest BCUT2D eigenvalue weighted by molar-refractivity contribution is 0.682. The van der Waals surface area contributed by atoms with Crippen molar-refractivity contribution in [3.8, 4) is 11.1 Å². The van der Waals surface area contributed by atoms with Gasteiger partial charge in [-0.25, -0.2) is 0 Å². The van der Waals surface area contributed by atoms with E-state index >= 15 is 0 Å². The third kappa shape index (κ3) is 5.73. The summed E-state index contributed by atoms with van der Waals surface area (Å²) in [6.45, 7) is 0. The van der Waals surface area contributed by atoms with Crippen LogP contribution in [0.3, 0.4) is 0 Å². The Labute approximate surface area is 452 Å². The normalized spacial score (nSPS) is 20.9. The largest absolute Gasteiger partial charge is 0.369 e. The van der Waals surface area contributed by atoms with Gasteiger partial charge in [0.15, 0.2) is 0 Å². The van der Waals surface area contributed by atoms with Crippen LogP contribution in [0.15, 0.2) is 252 Å². The van der Waals surface area contributed by atoms with E-state index in [-0.39, 0.29) is 10.7 Å². The van der Waals surface area contributed by atoms with E-state index < -0.39 is 10.8 Å². The number of thioether (sulfide) groups is 2. The van der Waals surface area contributed by atoms with Gasteiger partial charge >= 0.3 is 0 Å². The Morgan fingerprint density at radius 2 is 0.908 bits per heavy atom. The molecule has 3 unspecified atom stereocenters. The number of allylic oxidation sites excluding steroid dienone is 7. The number of nitrogens with one attached hydrogen (secondary N) is 2. The molecule has 9 aromatic rings. The van der Waals surface area contributed by atoms with E-state index in [9.17, 15) is 0 Å². The van der Waals surface area contributed by atoms with E-state index in [1.54, 1.807) is 0 Å². The Bertz CT molecular complexity index is 4040. The van der Waals surface area contributed by atoms with Gasteiger partial charge in [0, 0.05) is 32.6 Å². The monoisotopic (exact) mass is 1010 g/mol. The predicted octanol–water partition coefficient (Wildman–Crippen LogP) is 18.2. The molecule has 0 fully saturated rings. The third-order valence-electron chi connectivity index (χ3n) is 17.7. The van der Waals surface area contributed by atoms with Crippen LogP contribution in [0.2, 0.25) is 0 Å². The predicted molar refractivity (Wildman–Crippen MR) is 316 cm³/mol. The van der Waals surface area contributed by atoms with E-state index in [4.69, 9.17) is 0 Å². The van der Waals surface area contributed by atoms with Crippen LogP contribution in [-0.2, 0) is 10.8 Å². The minimum absolute atomic E-state index is 0.135. The zero-order chi connectivity index (χ0) is 49.7. The minimum Gasteiger partial charge on any atom is -0.369 e. The smallest absolute Gasteiger partial charge is 0.103 e. The molecule has 76 heavy (non-hydrogen) atoms. The van der Waals surface area contributed by atoms with Crippen LogP contribution in [0.4, 0.5) is 39.8 Å². The van der Waals surface area contributed by atoms with Gasteiger partial charge in [-0.1, -0.05) is 187 Å². The van der Waals surface area contributed by atoms with Crippen LogP contribution in [0.1, 0.15) is 92.1 Å². The number of hydrogen-bond acceptors (Lipinski definition) is 6. The Kier molecular flexibility index (Phi) is 9.18. The lowest BCUT2D eigenvalue weighted by atomic mass is 9.60.